The number of alkyl halides is 1. The highest BCUT2D eigenvalue weighted by atomic mass is 19.1. The van der Waals surface area contributed by atoms with Gasteiger partial charge in [-0.2, -0.15) is 0 Å². The molecule has 6 atom stereocenters. The third kappa shape index (κ3) is 9.80. The van der Waals surface area contributed by atoms with Crippen molar-refractivity contribution < 1.29 is 13.6 Å². The Bertz CT molecular complexity index is 1030. The maximum Gasteiger partial charge on any atom is 0.252 e. The molecule has 4 aliphatic heterocycles. The molecule has 0 spiro atoms. The molecule has 2 fully saturated rings. The molecule has 0 aromatic carbocycles. The highest BCUT2D eigenvalue weighted by molar-refractivity contribution is 5.95. The van der Waals surface area contributed by atoms with E-state index < -0.39 is 24.3 Å². The first-order chi connectivity index (χ1) is 22.0. The zero-order chi connectivity index (χ0) is 33.3. The minimum Gasteiger partial charge on any atom is -0.387 e. The molecule has 0 aromatic heterocycles. The third-order valence-electron chi connectivity index (χ3n) is 11.2. The van der Waals surface area contributed by atoms with E-state index in [2.05, 4.69) is 63.8 Å². The number of carbonyl (C=O) groups is 1. The van der Waals surface area contributed by atoms with Crippen LogP contribution < -0.4 is 27.0 Å². The van der Waals surface area contributed by atoms with E-state index in [1.807, 2.05) is 6.92 Å². The van der Waals surface area contributed by atoms with Gasteiger partial charge in [0.1, 0.15) is 17.8 Å². The predicted octanol–water partition coefficient (Wildman–Crippen LogP) is 3.45. The second kappa shape index (κ2) is 17.4. The van der Waals surface area contributed by atoms with E-state index in [4.69, 9.17) is 5.73 Å². The summed E-state index contributed by atoms with van der Waals surface area (Å²) in [5, 5.41) is 13.0. The molecule has 0 saturated carbocycles. The Balaban J connectivity index is 1.47. The van der Waals surface area contributed by atoms with Crippen LogP contribution in [0, 0.1) is 11.3 Å². The van der Waals surface area contributed by atoms with E-state index in [-0.39, 0.29) is 29.7 Å². The summed E-state index contributed by atoms with van der Waals surface area (Å²) in [5.41, 5.74) is 7.07. The van der Waals surface area contributed by atoms with E-state index >= 15 is 8.78 Å². The monoisotopic (exact) mass is 651 g/mol. The Morgan fingerprint density at radius 3 is 2.43 bits per heavy atom. The summed E-state index contributed by atoms with van der Waals surface area (Å²) < 4.78 is 30.6. The molecule has 0 aliphatic carbocycles. The van der Waals surface area contributed by atoms with Crippen LogP contribution in [0.15, 0.2) is 23.4 Å². The number of likely N-dealkylation sites (tertiary alicyclic amines) is 1. The third-order valence-corrected chi connectivity index (χ3v) is 11.2. The second-order valence-electron chi connectivity index (χ2n) is 14.9. The lowest BCUT2D eigenvalue weighted by Gasteiger charge is -2.43. The first-order valence-corrected chi connectivity index (χ1v) is 18.2. The molecule has 0 aromatic rings. The van der Waals surface area contributed by atoms with Gasteiger partial charge < -0.3 is 36.8 Å². The van der Waals surface area contributed by atoms with Crippen molar-refractivity contribution >= 4 is 5.91 Å². The summed E-state index contributed by atoms with van der Waals surface area (Å²) in [4.78, 5) is 21.2. The number of likely N-dealkylation sites (N-methyl/N-ethyl adjacent to an activating group) is 1. The largest absolute Gasteiger partial charge is 0.387 e. The average molecular weight is 651 g/mol. The van der Waals surface area contributed by atoms with Crippen LogP contribution in [0.3, 0.4) is 0 Å². The lowest BCUT2D eigenvalue weighted by molar-refractivity contribution is -0.119. The standard InChI is InChI=1S/C35H64F2N8O/c1-6-8-14-35(4,13-7-2)30-10-9-27(36)21-40-25(3)31(33(38)42-30)34(46)41-29-23-39-22-28(37)32(29)45-15-11-26(12-16-45)24-44-19-17-43(5)18-20-44/h22,25-27,29-30,32,39-40,42H,6-21,23-24,38H2,1-5H3,(H,41,46)/b33-31+. The summed E-state index contributed by atoms with van der Waals surface area (Å²) in [7, 11) is 2.18. The minimum atomic E-state index is -1.02. The fraction of sp³-hybridized carbons (Fsp3) is 0.857. The van der Waals surface area contributed by atoms with Gasteiger partial charge >= 0.3 is 0 Å². The number of hydrogen-bond acceptors (Lipinski definition) is 8. The van der Waals surface area contributed by atoms with Crippen LogP contribution in [0.5, 0.6) is 0 Å². The number of amides is 1. The molecule has 0 radical (unpaired) electrons. The van der Waals surface area contributed by atoms with Crippen molar-refractivity contribution in [2.45, 2.75) is 116 Å². The average Bonchev–Trinajstić information content (AvgIpc) is 3.02. The molecule has 0 bridgehead atoms. The topological polar surface area (TPSA) is 101 Å². The van der Waals surface area contributed by atoms with E-state index in [0.29, 0.717) is 36.7 Å². The van der Waals surface area contributed by atoms with E-state index in [1.165, 1.54) is 6.20 Å². The van der Waals surface area contributed by atoms with Crippen molar-refractivity contribution in [3.8, 4) is 0 Å². The number of piperazine rings is 1. The molecular weight excluding hydrogens is 586 g/mol. The molecule has 11 heteroatoms. The maximum absolute atomic E-state index is 15.5. The molecule has 6 unspecified atom stereocenters. The Hall–Kier alpha value is -1.95. The van der Waals surface area contributed by atoms with Gasteiger partial charge in [-0.15, -0.1) is 0 Å². The molecule has 46 heavy (non-hydrogen) atoms. The number of hydrogen-bond donors (Lipinski definition) is 5. The number of unbranched alkanes of at least 4 members (excludes halogenated alkanes) is 1. The van der Waals surface area contributed by atoms with Crippen LogP contribution in [0.1, 0.15) is 85.5 Å². The Morgan fingerprint density at radius 1 is 1.04 bits per heavy atom. The summed E-state index contributed by atoms with van der Waals surface area (Å²) >= 11 is 0. The van der Waals surface area contributed by atoms with E-state index in [0.717, 1.165) is 90.8 Å². The van der Waals surface area contributed by atoms with Crippen LogP contribution in [0.2, 0.25) is 0 Å². The molecule has 264 valence electrons. The number of carbonyl (C=O) groups excluding carboxylic acids is 1. The number of halogens is 2. The Kier molecular flexibility index (Phi) is 14.0. The molecular formula is C35H64F2N8O. The van der Waals surface area contributed by atoms with Crippen LogP contribution in [0.25, 0.3) is 0 Å². The summed E-state index contributed by atoms with van der Waals surface area (Å²) in [6, 6.07) is -1.52. The smallest absolute Gasteiger partial charge is 0.252 e. The first-order valence-electron chi connectivity index (χ1n) is 18.2. The molecule has 9 nitrogen and oxygen atoms in total. The van der Waals surface area contributed by atoms with Gasteiger partial charge in [-0.05, 0) is 76.9 Å². The second-order valence-corrected chi connectivity index (χ2v) is 14.9. The van der Waals surface area contributed by atoms with Crippen molar-refractivity contribution in [2.24, 2.45) is 17.1 Å². The van der Waals surface area contributed by atoms with Crippen LogP contribution in [-0.4, -0.2) is 117 Å². The molecule has 4 heterocycles. The van der Waals surface area contributed by atoms with Gasteiger partial charge in [-0.3, -0.25) is 9.69 Å². The lowest BCUT2D eigenvalue weighted by atomic mass is 9.72. The van der Waals surface area contributed by atoms with Crippen molar-refractivity contribution in [2.75, 3.05) is 66.0 Å². The first kappa shape index (κ1) is 36.9. The highest BCUT2D eigenvalue weighted by Crippen LogP contribution is 2.37. The molecule has 1 amide bonds. The SMILES string of the molecule is CCCCC(C)(CCC)C1CCC(F)CNC(C)/C(C(=O)NC2CNC=C(F)C2N2CCC(CN3CCN(C)CC3)CC2)=C(/N)N1. The highest BCUT2D eigenvalue weighted by Gasteiger charge is 2.39. The predicted molar refractivity (Wildman–Crippen MR) is 183 cm³/mol. The molecule has 4 rings (SSSR count). The van der Waals surface area contributed by atoms with Gasteiger partial charge in [0.15, 0.2) is 0 Å². The van der Waals surface area contributed by atoms with Crippen LogP contribution in [-0.2, 0) is 4.79 Å². The number of rotatable bonds is 11. The fourth-order valence-electron chi connectivity index (χ4n) is 8.18. The summed E-state index contributed by atoms with van der Waals surface area (Å²) in [5.74, 6) is 0.356. The van der Waals surface area contributed by atoms with Crippen molar-refractivity contribution in [3.63, 3.8) is 0 Å². The van der Waals surface area contributed by atoms with Gasteiger partial charge in [0.05, 0.1) is 17.7 Å². The summed E-state index contributed by atoms with van der Waals surface area (Å²) in [6.45, 7) is 16.3. The van der Waals surface area contributed by atoms with Gasteiger partial charge in [-0.25, -0.2) is 8.78 Å². The quantitative estimate of drug-likeness (QED) is 0.232. The Labute approximate surface area is 277 Å². The Morgan fingerprint density at radius 2 is 1.76 bits per heavy atom. The molecule has 4 aliphatic rings. The summed E-state index contributed by atoms with van der Waals surface area (Å²) in [6.07, 6.45) is 8.77. The molecule has 6 N–H and O–H groups in total. The van der Waals surface area contributed by atoms with Gasteiger partial charge in [0.2, 0.25) is 0 Å². The zero-order valence-electron chi connectivity index (χ0n) is 29.4. The van der Waals surface area contributed by atoms with Crippen molar-refractivity contribution in [1.82, 2.24) is 36.0 Å². The van der Waals surface area contributed by atoms with Gasteiger partial charge in [0, 0.05) is 64.1 Å². The number of nitrogens with two attached hydrogens (primary N) is 1. The number of nitrogens with zero attached hydrogens (tertiary/aromatic N) is 3. The fourth-order valence-corrected chi connectivity index (χ4v) is 8.18. The van der Waals surface area contributed by atoms with Gasteiger partial charge in [0.25, 0.3) is 5.91 Å². The molecule has 2 saturated heterocycles. The van der Waals surface area contributed by atoms with Crippen LogP contribution >= 0.6 is 0 Å². The number of nitrogens with one attached hydrogen (secondary N) is 4. The van der Waals surface area contributed by atoms with E-state index in [1.54, 1.807) is 0 Å². The normalized spacial score (nSPS) is 32.9. The zero-order valence-corrected chi connectivity index (χ0v) is 29.4. The van der Waals surface area contributed by atoms with E-state index in [9.17, 15) is 4.79 Å². The minimum absolute atomic E-state index is 0.0537. The number of piperidine rings is 1. The van der Waals surface area contributed by atoms with Crippen LogP contribution in [0.4, 0.5) is 8.78 Å². The van der Waals surface area contributed by atoms with Gasteiger partial charge in [-0.1, -0.05) is 40.0 Å². The lowest BCUT2D eigenvalue weighted by Crippen LogP contribution is -2.60. The van der Waals surface area contributed by atoms with Crippen molar-refractivity contribution in [3.05, 3.63) is 23.4 Å². The maximum atomic E-state index is 15.5. The van der Waals surface area contributed by atoms with Crippen molar-refractivity contribution in [1.29, 1.82) is 0 Å².